The Kier molecular flexibility index (Phi) is 3.21. The van der Waals surface area contributed by atoms with Crippen LogP contribution in [-0.4, -0.2) is 29.9 Å². The quantitative estimate of drug-likeness (QED) is 0.519. The fraction of sp³-hybridized carbons (Fsp3) is 0.0556. The number of hydrogen-bond acceptors (Lipinski definition) is 4. The number of benzene rings is 1. The number of H-pyrrole nitrogens is 2. The van der Waals surface area contributed by atoms with Crippen molar-refractivity contribution < 1.29 is 8.81 Å². The number of imidazole rings is 1. The minimum Gasteiger partial charge on any atom is -0.451 e. The number of rotatable bonds is 4. The smallest absolute Gasteiger partial charge is 0.177 e. The van der Waals surface area contributed by atoms with Crippen molar-refractivity contribution in [2.75, 3.05) is 0 Å². The lowest BCUT2D eigenvalue weighted by Gasteiger charge is -2.02. The van der Waals surface area contributed by atoms with Crippen LogP contribution in [0.2, 0.25) is 0 Å². The standard InChI is InChI=1S/C18H13FN6O/c19-12-3-1-2-11(8-12)10-25-18-14(9-21-25)22-17(23-18)16-5-4-15(26-16)13-6-7-20-24-13/h1-9H,10H2,(H,20,24)(H,22,23). The minimum absolute atomic E-state index is 0.268. The van der Waals surface area contributed by atoms with E-state index in [0.29, 0.717) is 29.5 Å². The van der Waals surface area contributed by atoms with Crippen LogP contribution in [0.15, 0.2) is 59.3 Å². The largest absolute Gasteiger partial charge is 0.451 e. The number of halogens is 1. The summed E-state index contributed by atoms with van der Waals surface area (Å²) in [5, 5.41) is 11.1. The molecule has 0 amide bonds. The summed E-state index contributed by atoms with van der Waals surface area (Å²) in [5.74, 6) is 1.63. The molecule has 7 nitrogen and oxygen atoms in total. The first kappa shape index (κ1) is 14.6. The van der Waals surface area contributed by atoms with E-state index in [1.165, 1.54) is 12.1 Å². The summed E-state index contributed by atoms with van der Waals surface area (Å²) in [5.41, 5.74) is 3.09. The zero-order chi connectivity index (χ0) is 17.5. The lowest BCUT2D eigenvalue weighted by molar-refractivity contribution is 0.590. The van der Waals surface area contributed by atoms with Gasteiger partial charge < -0.3 is 9.40 Å². The first-order valence-electron chi connectivity index (χ1n) is 8.02. The Labute approximate surface area is 146 Å². The maximum Gasteiger partial charge on any atom is 0.177 e. The lowest BCUT2D eigenvalue weighted by Crippen LogP contribution is -2.02. The van der Waals surface area contributed by atoms with Crippen LogP contribution in [0.5, 0.6) is 0 Å². The maximum absolute atomic E-state index is 13.4. The molecule has 5 rings (SSSR count). The molecule has 0 saturated heterocycles. The Morgan fingerprint density at radius 1 is 1.12 bits per heavy atom. The summed E-state index contributed by atoms with van der Waals surface area (Å²) in [7, 11) is 0. The van der Waals surface area contributed by atoms with Gasteiger partial charge >= 0.3 is 0 Å². The van der Waals surface area contributed by atoms with Gasteiger partial charge in [0.25, 0.3) is 0 Å². The van der Waals surface area contributed by atoms with Crippen molar-refractivity contribution in [3.8, 4) is 23.0 Å². The number of hydrogen-bond donors (Lipinski definition) is 2. The van der Waals surface area contributed by atoms with Gasteiger partial charge in [0.2, 0.25) is 0 Å². The van der Waals surface area contributed by atoms with E-state index in [-0.39, 0.29) is 5.82 Å². The second-order valence-electron chi connectivity index (χ2n) is 5.89. The van der Waals surface area contributed by atoms with Crippen LogP contribution < -0.4 is 0 Å². The molecule has 4 heterocycles. The lowest BCUT2D eigenvalue weighted by atomic mass is 10.2. The normalized spacial score (nSPS) is 11.4. The molecule has 0 saturated carbocycles. The van der Waals surface area contributed by atoms with E-state index < -0.39 is 0 Å². The molecule has 0 fully saturated rings. The Bertz CT molecular complexity index is 1180. The number of aromatic nitrogens is 6. The Morgan fingerprint density at radius 2 is 2.04 bits per heavy atom. The predicted octanol–water partition coefficient (Wildman–Crippen LogP) is 3.60. The van der Waals surface area contributed by atoms with E-state index in [1.807, 2.05) is 24.3 Å². The van der Waals surface area contributed by atoms with Crippen LogP contribution >= 0.6 is 0 Å². The van der Waals surface area contributed by atoms with Crippen LogP contribution in [-0.2, 0) is 6.54 Å². The average molecular weight is 348 g/mol. The van der Waals surface area contributed by atoms with Gasteiger partial charge in [-0.3, -0.25) is 5.10 Å². The maximum atomic E-state index is 13.4. The van der Waals surface area contributed by atoms with Crippen LogP contribution in [0.1, 0.15) is 5.56 Å². The third-order valence-corrected chi connectivity index (χ3v) is 4.11. The average Bonchev–Trinajstić information content (AvgIpc) is 3.40. The Balaban J connectivity index is 1.48. The molecule has 0 aliphatic heterocycles. The number of fused-ring (bicyclic) bond motifs is 1. The van der Waals surface area contributed by atoms with Crippen molar-refractivity contribution >= 4 is 11.2 Å². The molecule has 0 bridgehead atoms. The summed E-state index contributed by atoms with van der Waals surface area (Å²) >= 11 is 0. The fourth-order valence-corrected chi connectivity index (χ4v) is 2.89. The monoisotopic (exact) mass is 348 g/mol. The van der Waals surface area contributed by atoms with E-state index in [9.17, 15) is 4.39 Å². The number of nitrogens with zero attached hydrogens (tertiary/aromatic N) is 4. The molecule has 0 aliphatic carbocycles. The highest BCUT2D eigenvalue weighted by atomic mass is 19.1. The highest BCUT2D eigenvalue weighted by Crippen LogP contribution is 2.27. The van der Waals surface area contributed by atoms with Crippen molar-refractivity contribution in [1.82, 2.24) is 29.9 Å². The molecule has 8 heteroatoms. The molecule has 0 aliphatic rings. The molecule has 0 radical (unpaired) electrons. The Hall–Kier alpha value is -3.68. The van der Waals surface area contributed by atoms with E-state index >= 15 is 0 Å². The van der Waals surface area contributed by atoms with E-state index in [2.05, 4.69) is 25.3 Å². The van der Waals surface area contributed by atoms with Gasteiger partial charge in [0.05, 0.1) is 12.7 Å². The summed E-state index contributed by atoms with van der Waals surface area (Å²) in [6.07, 6.45) is 3.36. The first-order chi connectivity index (χ1) is 12.8. The topological polar surface area (TPSA) is 88.3 Å². The zero-order valence-corrected chi connectivity index (χ0v) is 13.5. The van der Waals surface area contributed by atoms with Gasteiger partial charge in [-0.15, -0.1) is 0 Å². The molecule has 0 unspecified atom stereocenters. The number of aromatic amines is 2. The van der Waals surface area contributed by atoms with Gasteiger partial charge in [-0.1, -0.05) is 12.1 Å². The highest BCUT2D eigenvalue weighted by Gasteiger charge is 2.14. The van der Waals surface area contributed by atoms with Gasteiger partial charge in [-0.05, 0) is 35.9 Å². The molecule has 0 atom stereocenters. The predicted molar refractivity (Wildman–Crippen MR) is 92.7 cm³/mol. The summed E-state index contributed by atoms with van der Waals surface area (Å²) in [6.45, 7) is 0.434. The molecule has 128 valence electrons. The third-order valence-electron chi connectivity index (χ3n) is 4.11. The fourth-order valence-electron chi connectivity index (χ4n) is 2.89. The van der Waals surface area contributed by atoms with Crippen molar-refractivity contribution in [3.05, 3.63) is 66.2 Å². The van der Waals surface area contributed by atoms with Crippen molar-refractivity contribution in [3.63, 3.8) is 0 Å². The molecule has 5 aromatic rings. The van der Waals surface area contributed by atoms with Crippen LogP contribution in [0, 0.1) is 5.82 Å². The van der Waals surface area contributed by atoms with Crippen molar-refractivity contribution in [2.24, 2.45) is 0 Å². The second kappa shape index (κ2) is 5.69. The highest BCUT2D eigenvalue weighted by molar-refractivity contribution is 5.75. The summed E-state index contributed by atoms with van der Waals surface area (Å²) < 4.78 is 21.0. The van der Waals surface area contributed by atoms with Gasteiger partial charge in [-0.25, -0.2) is 14.1 Å². The molecule has 26 heavy (non-hydrogen) atoms. The van der Waals surface area contributed by atoms with E-state index in [4.69, 9.17) is 4.42 Å². The summed E-state index contributed by atoms with van der Waals surface area (Å²) in [4.78, 5) is 7.79. The van der Waals surface area contributed by atoms with Gasteiger partial charge in [0.15, 0.2) is 23.0 Å². The second-order valence-corrected chi connectivity index (χ2v) is 5.89. The molecule has 0 spiro atoms. The van der Waals surface area contributed by atoms with Crippen LogP contribution in [0.4, 0.5) is 4.39 Å². The molecule has 4 aromatic heterocycles. The van der Waals surface area contributed by atoms with Crippen LogP contribution in [0.3, 0.4) is 0 Å². The van der Waals surface area contributed by atoms with Gasteiger partial charge in [0.1, 0.15) is 17.0 Å². The molecule has 1 aromatic carbocycles. The third kappa shape index (κ3) is 2.48. The minimum atomic E-state index is -0.268. The molecular weight excluding hydrogens is 335 g/mol. The van der Waals surface area contributed by atoms with Gasteiger partial charge in [-0.2, -0.15) is 10.2 Å². The molecular formula is C18H13FN6O. The van der Waals surface area contributed by atoms with E-state index in [1.54, 1.807) is 23.1 Å². The molecule has 2 N–H and O–H groups in total. The van der Waals surface area contributed by atoms with Crippen molar-refractivity contribution in [1.29, 1.82) is 0 Å². The first-order valence-corrected chi connectivity index (χ1v) is 8.02. The van der Waals surface area contributed by atoms with Gasteiger partial charge in [0, 0.05) is 6.20 Å². The number of nitrogens with one attached hydrogen (secondary N) is 2. The Morgan fingerprint density at radius 3 is 2.88 bits per heavy atom. The van der Waals surface area contributed by atoms with Crippen molar-refractivity contribution in [2.45, 2.75) is 6.54 Å². The zero-order valence-electron chi connectivity index (χ0n) is 13.5. The summed E-state index contributed by atoms with van der Waals surface area (Å²) in [6, 6.07) is 12.0. The SMILES string of the molecule is Fc1cccc(Cn2ncc3[nH]c(-c4ccc(-c5ccn[nH]5)o4)nc32)c1. The van der Waals surface area contributed by atoms with Crippen LogP contribution in [0.25, 0.3) is 34.2 Å². The number of furan rings is 1. The van der Waals surface area contributed by atoms with E-state index in [0.717, 1.165) is 16.8 Å².